The highest BCUT2D eigenvalue weighted by atomic mass is 19.4. The van der Waals surface area contributed by atoms with Gasteiger partial charge in [-0.25, -0.2) is 18.7 Å². The van der Waals surface area contributed by atoms with Crippen LogP contribution in [0.1, 0.15) is 29.3 Å². The quantitative estimate of drug-likeness (QED) is 0.529. The maximum absolute atomic E-state index is 14.5. The monoisotopic (exact) mass is 494 g/mol. The summed E-state index contributed by atoms with van der Waals surface area (Å²) in [5.74, 6) is -4.41. The first kappa shape index (κ1) is 24.6. The first-order valence-corrected chi connectivity index (χ1v) is 10.9. The molecule has 2 atom stereocenters. The van der Waals surface area contributed by atoms with Crippen molar-refractivity contribution >= 4 is 11.9 Å². The van der Waals surface area contributed by atoms with E-state index in [1.54, 1.807) is 38.2 Å². The number of halogens is 5. The summed E-state index contributed by atoms with van der Waals surface area (Å²) in [5, 5.41) is 7.14. The molecule has 2 unspecified atom stereocenters. The maximum atomic E-state index is 14.5. The Morgan fingerprint density at radius 2 is 1.83 bits per heavy atom. The molecule has 0 saturated carbocycles. The Kier molecular flexibility index (Phi) is 6.48. The van der Waals surface area contributed by atoms with Crippen LogP contribution in [0, 0.1) is 5.92 Å². The third-order valence-corrected chi connectivity index (χ3v) is 5.90. The lowest BCUT2D eigenvalue weighted by Crippen LogP contribution is -2.57. The van der Waals surface area contributed by atoms with Crippen LogP contribution < -0.4 is 5.32 Å². The van der Waals surface area contributed by atoms with Crippen molar-refractivity contribution in [1.29, 1.82) is 0 Å². The highest BCUT2D eigenvalue weighted by Crippen LogP contribution is 2.36. The Labute approximate surface area is 198 Å². The molecule has 1 aromatic carbocycles. The SMILES string of the molecule is CC1CC(F)(F)CN(C(=O)c2cn(C)nc2-c2ccccc2)C1CNc1ncc(C(F)(F)F)cn1. The first-order chi connectivity index (χ1) is 16.4. The molecule has 3 aromatic rings. The topological polar surface area (TPSA) is 75.9 Å². The van der Waals surface area contributed by atoms with Crippen LogP contribution >= 0.6 is 0 Å². The number of aromatic nitrogens is 4. The molecule has 35 heavy (non-hydrogen) atoms. The Morgan fingerprint density at radius 1 is 1.17 bits per heavy atom. The Morgan fingerprint density at radius 3 is 2.46 bits per heavy atom. The number of benzene rings is 1. The summed E-state index contributed by atoms with van der Waals surface area (Å²) in [6.07, 6.45) is -2.25. The number of alkyl halides is 5. The van der Waals surface area contributed by atoms with Gasteiger partial charge in [-0.1, -0.05) is 37.3 Å². The maximum Gasteiger partial charge on any atom is 0.419 e. The van der Waals surface area contributed by atoms with Crippen LogP contribution in [-0.4, -0.2) is 55.6 Å². The van der Waals surface area contributed by atoms with Crippen LogP contribution in [-0.2, 0) is 13.2 Å². The van der Waals surface area contributed by atoms with Gasteiger partial charge in [-0.3, -0.25) is 9.48 Å². The highest BCUT2D eigenvalue weighted by molar-refractivity contribution is 6.00. The summed E-state index contributed by atoms with van der Waals surface area (Å²) in [7, 11) is 1.64. The number of amides is 1. The van der Waals surface area contributed by atoms with Gasteiger partial charge in [0.05, 0.1) is 23.7 Å². The number of hydrogen-bond donors (Lipinski definition) is 1. The molecule has 0 radical (unpaired) electrons. The van der Waals surface area contributed by atoms with E-state index in [1.807, 2.05) is 6.07 Å². The van der Waals surface area contributed by atoms with Gasteiger partial charge in [-0.05, 0) is 5.92 Å². The van der Waals surface area contributed by atoms with Gasteiger partial charge in [0.1, 0.15) is 5.69 Å². The lowest BCUT2D eigenvalue weighted by molar-refractivity contribution is -0.138. The molecule has 1 saturated heterocycles. The summed E-state index contributed by atoms with van der Waals surface area (Å²) >= 11 is 0. The van der Waals surface area contributed by atoms with E-state index in [0.717, 1.165) is 4.90 Å². The third kappa shape index (κ3) is 5.41. The van der Waals surface area contributed by atoms with Crippen molar-refractivity contribution in [2.45, 2.75) is 31.5 Å². The number of nitrogens with zero attached hydrogens (tertiary/aromatic N) is 5. The molecule has 0 aliphatic carbocycles. The zero-order valence-corrected chi connectivity index (χ0v) is 18.9. The smallest absolute Gasteiger partial charge is 0.352 e. The van der Waals surface area contributed by atoms with Crippen molar-refractivity contribution in [1.82, 2.24) is 24.6 Å². The van der Waals surface area contributed by atoms with E-state index in [2.05, 4.69) is 20.4 Å². The zero-order chi connectivity index (χ0) is 25.4. The standard InChI is InChI=1S/C23H23F5N6O/c1-14-8-22(24,25)13-34(18(14)11-31-21-29-9-16(10-30-21)23(26,27)28)20(35)17-12-33(2)32-19(17)15-6-4-3-5-7-15/h3-7,9-10,12,14,18H,8,11,13H2,1-2H3,(H,29,30,31). The molecule has 1 amide bonds. The molecule has 2 aromatic heterocycles. The molecule has 1 fully saturated rings. The Balaban J connectivity index is 1.60. The molecule has 186 valence electrons. The summed E-state index contributed by atoms with van der Waals surface area (Å²) in [6, 6.07) is 8.24. The van der Waals surface area contributed by atoms with E-state index in [-0.39, 0.29) is 18.1 Å². The van der Waals surface area contributed by atoms with Crippen LogP contribution in [0.4, 0.5) is 27.9 Å². The van der Waals surface area contributed by atoms with Gasteiger partial charge in [0.2, 0.25) is 5.95 Å². The molecule has 1 aliphatic heterocycles. The van der Waals surface area contributed by atoms with E-state index in [4.69, 9.17) is 0 Å². The molecule has 12 heteroatoms. The molecule has 0 bridgehead atoms. The number of anilines is 1. The van der Waals surface area contributed by atoms with Crippen LogP contribution in [0.5, 0.6) is 0 Å². The van der Waals surface area contributed by atoms with Crippen LogP contribution in [0.3, 0.4) is 0 Å². The van der Waals surface area contributed by atoms with Crippen LogP contribution in [0.2, 0.25) is 0 Å². The molecule has 3 heterocycles. The summed E-state index contributed by atoms with van der Waals surface area (Å²) < 4.78 is 68.8. The van der Waals surface area contributed by atoms with Crippen LogP contribution in [0.15, 0.2) is 48.9 Å². The number of likely N-dealkylation sites (tertiary alicyclic amines) is 1. The van der Waals surface area contributed by atoms with Gasteiger partial charge in [-0.15, -0.1) is 0 Å². The minimum Gasteiger partial charge on any atom is -0.352 e. The fraction of sp³-hybridized carbons (Fsp3) is 0.391. The molecule has 7 nitrogen and oxygen atoms in total. The second-order valence-electron chi connectivity index (χ2n) is 8.64. The number of nitrogens with one attached hydrogen (secondary N) is 1. The van der Waals surface area contributed by atoms with E-state index < -0.39 is 48.5 Å². The molecular formula is C23H23F5N6O. The molecule has 1 N–H and O–H groups in total. The van der Waals surface area contributed by atoms with Crippen molar-refractivity contribution < 1.29 is 26.7 Å². The van der Waals surface area contributed by atoms with Gasteiger partial charge >= 0.3 is 6.18 Å². The second kappa shape index (κ2) is 9.23. The number of aryl methyl sites for hydroxylation is 1. The number of piperidine rings is 1. The van der Waals surface area contributed by atoms with Crippen molar-refractivity contribution in [3.05, 3.63) is 60.0 Å². The van der Waals surface area contributed by atoms with Gasteiger partial charge < -0.3 is 10.2 Å². The number of hydrogen-bond acceptors (Lipinski definition) is 5. The lowest BCUT2D eigenvalue weighted by Gasteiger charge is -2.43. The largest absolute Gasteiger partial charge is 0.419 e. The van der Waals surface area contributed by atoms with Crippen molar-refractivity contribution in [3.63, 3.8) is 0 Å². The van der Waals surface area contributed by atoms with Gasteiger partial charge in [-0.2, -0.15) is 18.3 Å². The van der Waals surface area contributed by atoms with Gasteiger partial charge in [0.25, 0.3) is 11.8 Å². The zero-order valence-electron chi connectivity index (χ0n) is 18.9. The fourth-order valence-electron chi connectivity index (χ4n) is 4.25. The number of carbonyl (C=O) groups excluding carboxylic acids is 1. The average Bonchev–Trinajstić information content (AvgIpc) is 3.19. The van der Waals surface area contributed by atoms with Gasteiger partial charge in [0, 0.05) is 44.2 Å². The number of rotatable bonds is 5. The third-order valence-electron chi connectivity index (χ3n) is 5.90. The van der Waals surface area contributed by atoms with E-state index in [9.17, 15) is 26.7 Å². The molecular weight excluding hydrogens is 471 g/mol. The first-order valence-electron chi connectivity index (χ1n) is 10.9. The predicted molar refractivity (Wildman–Crippen MR) is 118 cm³/mol. The highest BCUT2D eigenvalue weighted by Gasteiger charge is 2.46. The van der Waals surface area contributed by atoms with Gasteiger partial charge in [0.15, 0.2) is 0 Å². The Bertz CT molecular complexity index is 1180. The molecule has 4 rings (SSSR count). The predicted octanol–water partition coefficient (Wildman–Crippen LogP) is 4.49. The average molecular weight is 494 g/mol. The molecule has 0 spiro atoms. The normalized spacial score (nSPS) is 20.0. The minimum atomic E-state index is -4.58. The van der Waals surface area contributed by atoms with Crippen molar-refractivity contribution in [2.24, 2.45) is 13.0 Å². The summed E-state index contributed by atoms with van der Waals surface area (Å²) in [4.78, 5) is 22.0. The van der Waals surface area contributed by atoms with E-state index in [1.165, 1.54) is 10.9 Å². The number of carbonyl (C=O) groups is 1. The second-order valence-corrected chi connectivity index (χ2v) is 8.64. The summed E-state index contributed by atoms with van der Waals surface area (Å²) in [6.45, 7) is 0.795. The Hall–Kier alpha value is -3.57. The van der Waals surface area contributed by atoms with Crippen LogP contribution in [0.25, 0.3) is 11.3 Å². The van der Waals surface area contributed by atoms with Crippen molar-refractivity contribution in [2.75, 3.05) is 18.4 Å². The van der Waals surface area contributed by atoms with E-state index >= 15 is 0 Å². The fourth-order valence-corrected chi connectivity index (χ4v) is 4.25. The molecule has 1 aliphatic rings. The summed E-state index contributed by atoms with van der Waals surface area (Å²) in [5.41, 5.74) is 0.216. The van der Waals surface area contributed by atoms with Crippen molar-refractivity contribution in [3.8, 4) is 11.3 Å². The minimum absolute atomic E-state index is 0.0186. The van der Waals surface area contributed by atoms with E-state index in [0.29, 0.717) is 23.7 Å². The lowest BCUT2D eigenvalue weighted by atomic mass is 9.87.